The maximum absolute atomic E-state index is 12.5. The quantitative estimate of drug-likeness (QED) is 0.739. The number of aryl methyl sites for hydroxylation is 1. The van der Waals surface area contributed by atoms with Gasteiger partial charge in [-0.05, 0) is 18.6 Å². The summed E-state index contributed by atoms with van der Waals surface area (Å²) in [5.41, 5.74) is 1.35. The molecule has 3 aromatic rings. The Morgan fingerprint density at radius 1 is 1.26 bits per heavy atom. The van der Waals surface area contributed by atoms with Crippen molar-refractivity contribution in [3.63, 3.8) is 0 Å². The molecule has 2 amide bonds. The summed E-state index contributed by atoms with van der Waals surface area (Å²) in [6.07, 6.45) is 4.08. The van der Waals surface area contributed by atoms with Crippen molar-refractivity contribution in [2.75, 3.05) is 16.8 Å². The molecular formula is C18H18N6O3. The molecule has 0 spiro atoms. The molecule has 0 bridgehead atoms. The predicted molar refractivity (Wildman–Crippen MR) is 99.4 cm³/mol. The van der Waals surface area contributed by atoms with Crippen molar-refractivity contribution in [1.82, 2.24) is 19.3 Å². The van der Waals surface area contributed by atoms with E-state index in [1.807, 2.05) is 6.07 Å². The van der Waals surface area contributed by atoms with Crippen LogP contribution < -0.4 is 15.8 Å². The Kier molecular flexibility index (Phi) is 4.19. The highest BCUT2D eigenvalue weighted by Gasteiger charge is 2.24. The van der Waals surface area contributed by atoms with Crippen LogP contribution in [0.1, 0.15) is 12.8 Å². The lowest BCUT2D eigenvalue weighted by molar-refractivity contribution is -0.117. The third-order valence-corrected chi connectivity index (χ3v) is 4.57. The van der Waals surface area contributed by atoms with Gasteiger partial charge in [-0.1, -0.05) is 12.1 Å². The molecule has 4 rings (SSSR count). The number of benzene rings is 1. The van der Waals surface area contributed by atoms with Gasteiger partial charge >= 0.3 is 0 Å². The predicted octanol–water partition coefficient (Wildman–Crippen LogP) is 0.895. The van der Waals surface area contributed by atoms with Gasteiger partial charge in [-0.2, -0.15) is 5.10 Å². The van der Waals surface area contributed by atoms with Crippen molar-refractivity contribution < 1.29 is 9.59 Å². The van der Waals surface area contributed by atoms with Crippen LogP contribution in [0.4, 0.5) is 11.4 Å². The minimum absolute atomic E-state index is 0.0409. The van der Waals surface area contributed by atoms with Crippen LogP contribution in [0.15, 0.2) is 41.6 Å². The van der Waals surface area contributed by atoms with E-state index in [1.54, 1.807) is 30.1 Å². The highest BCUT2D eigenvalue weighted by atomic mass is 16.2. The fraction of sp³-hybridized carbons (Fsp3) is 0.278. The minimum Gasteiger partial charge on any atom is -0.323 e. The largest absolute Gasteiger partial charge is 0.323 e. The van der Waals surface area contributed by atoms with Crippen molar-refractivity contribution in [1.29, 1.82) is 0 Å². The van der Waals surface area contributed by atoms with Gasteiger partial charge in [0.05, 0.1) is 17.6 Å². The molecule has 0 atom stereocenters. The number of nitrogens with one attached hydrogen (secondary N) is 1. The summed E-state index contributed by atoms with van der Waals surface area (Å²) in [5, 5.41) is 7.16. The molecule has 0 radical (unpaired) electrons. The van der Waals surface area contributed by atoms with Crippen molar-refractivity contribution >= 4 is 34.2 Å². The Morgan fingerprint density at radius 3 is 2.85 bits per heavy atom. The third-order valence-electron chi connectivity index (χ3n) is 4.57. The van der Waals surface area contributed by atoms with Gasteiger partial charge in [0, 0.05) is 20.0 Å². The molecule has 3 heterocycles. The maximum Gasteiger partial charge on any atom is 0.264 e. The molecule has 9 heteroatoms. The number of aromatic nitrogens is 4. The lowest BCUT2D eigenvalue weighted by Crippen LogP contribution is -2.29. The number of amides is 2. The molecule has 27 heavy (non-hydrogen) atoms. The van der Waals surface area contributed by atoms with Crippen LogP contribution in [-0.2, 0) is 23.2 Å². The van der Waals surface area contributed by atoms with E-state index in [9.17, 15) is 14.4 Å². The highest BCUT2D eigenvalue weighted by Crippen LogP contribution is 2.29. The van der Waals surface area contributed by atoms with Gasteiger partial charge in [0.2, 0.25) is 11.8 Å². The topological polar surface area (TPSA) is 102 Å². The van der Waals surface area contributed by atoms with Crippen LogP contribution in [0.5, 0.6) is 0 Å². The number of rotatable bonds is 4. The van der Waals surface area contributed by atoms with Crippen LogP contribution in [-0.4, -0.2) is 37.7 Å². The van der Waals surface area contributed by atoms with Crippen LogP contribution >= 0.6 is 0 Å². The van der Waals surface area contributed by atoms with Crippen molar-refractivity contribution in [3.8, 4) is 0 Å². The average molecular weight is 366 g/mol. The molecule has 1 aliphatic rings. The Bertz CT molecular complexity index is 1100. The number of hydrogen-bond donors (Lipinski definition) is 1. The summed E-state index contributed by atoms with van der Waals surface area (Å²) in [5.74, 6) is -0.333. The summed E-state index contributed by atoms with van der Waals surface area (Å²) in [7, 11) is 1.70. The fourth-order valence-corrected chi connectivity index (χ4v) is 3.24. The Balaban J connectivity index is 1.56. The number of fused-ring (bicyclic) bond motifs is 1. The zero-order valence-electron chi connectivity index (χ0n) is 14.8. The number of carbonyl (C=O) groups is 2. The number of hydrogen-bond acceptors (Lipinski definition) is 5. The van der Waals surface area contributed by atoms with Gasteiger partial charge in [-0.15, -0.1) is 0 Å². The summed E-state index contributed by atoms with van der Waals surface area (Å²) in [6.45, 7) is 0.450. The molecule has 2 aromatic heterocycles. The molecule has 1 N–H and O–H groups in total. The van der Waals surface area contributed by atoms with E-state index >= 15 is 0 Å². The van der Waals surface area contributed by atoms with Gasteiger partial charge in [0.15, 0.2) is 5.65 Å². The number of anilines is 2. The Hall–Kier alpha value is -3.49. The van der Waals surface area contributed by atoms with E-state index in [1.165, 1.54) is 21.8 Å². The number of para-hydroxylation sites is 2. The lowest BCUT2D eigenvalue weighted by atomic mass is 10.2. The molecule has 0 aliphatic carbocycles. The summed E-state index contributed by atoms with van der Waals surface area (Å²) >= 11 is 0. The summed E-state index contributed by atoms with van der Waals surface area (Å²) in [4.78, 5) is 42.9. The normalized spacial score (nSPS) is 14.1. The van der Waals surface area contributed by atoms with Crippen LogP contribution in [0.2, 0.25) is 0 Å². The van der Waals surface area contributed by atoms with Gasteiger partial charge in [0.25, 0.3) is 5.56 Å². The zero-order valence-corrected chi connectivity index (χ0v) is 14.8. The van der Waals surface area contributed by atoms with Crippen molar-refractivity contribution in [3.05, 3.63) is 47.1 Å². The van der Waals surface area contributed by atoms with Crippen molar-refractivity contribution in [2.24, 2.45) is 7.05 Å². The second kappa shape index (κ2) is 6.67. The lowest BCUT2D eigenvalue weighted by Gasteiger charge is -2.20. The Labute approximate surface area is 154 Å². The first kappa shape index (κ1) is 17.0. The van der Waals surface area contributed by atoms with Crippen LogP contribution in [0.3, 0.4) is 0 Å². The second-order valence-electron chi connectivity index (χ2n) is 6.40. The number of carbonyl (C=O) groups excluding carboxylic acids is 2. The highest BCUT2D eigenvalue weighted by molar-refractivity contribution is 6.02. The van der Waals surface area contributed by atoms with Crippen molar-refractivity contribution in [2.45, 2.75) is 19.4 Å². The first-order valence-electron chi connectivity index (χ1n) is 8.61. The van der Waals surface area contributed by atoms with Gasteiger partial charge in [0.1, 0.15) is 18.3 Å². The van der Waals surface area contributed by atoms with Gasteiger partial charge in [-0.3, -0.25) is 23.6 Å². The van der Waals surface area contributed by atoms with Gasteiger partial charge < -0.3 is 10.2 Å². The van der Waals surface area contributed by atoms with Crippen LogP contribution in [0.25, 0.3) is 11.0 Å². The standard InChI is InChI=1S/C18H18N6O3/c1-22-17-12(9-20-22)18(27)23(11-19-17)10-15(25)21-13-5-2-3-6-14(13)24-8-4-7-16(24)26/h2-3,5-6,9,11H,4,7-8,10H2,1H3,(H,21,25). The van der Waals surface area contributed by atoms with E-state index in [4.69, 9.17) is 0 Å². The average Bonchev–Trinajstić information content (AvgIpc) is 3.24. The minimum atomic E-state index is -0.374. The Morgan fingerprint density at radius 2 is 2.07 bits per heavy atom. The first-order valence-corrected chi connectivity index (χ1v) is 8.61. The molecule has 1 aliphatic heterocycles. The smallest absolute Gasteiger partial charge is 0.264 e. The third kappa shape index (κ3) is 3.07. The molecule has 1 aromatic carbocycles. The molecule has 1 saturated heterocycles. The van der Waals surface area contributed by atoms with E-state index < -0.39 is 0 Å². The molecule has 9 nitrogen and oxygen atoms in total. The molecule has 138 valence electrons. The summed E-state index contributed by atoms with van der Waals surface area (Å²) < 4.78 is 2.74. The zero-order chi connectivity index (χ0) is 19.0. The summed E-state index contributed by atoms with van der Waals surface area (Å²) in [6, 6.07) is 7.15. The molecule has 1 fully saturated rings. The van der Waals surface area contributed by atoms with Gasteiger partial charge in [-0.25, -0.2) is 4.98 Å². The fourth-order valence-electron chi connectivity index (χ4n) is 3.24. The maximum atomic E-state index is 12.5. The SMILES string of the molecule is Cn1ncc2c(=O)n(CC(=O)Nc3ccccc3N3CCCC3=O)cnc21. The first-order chi connectivity index (χ1) is 13.0. The monoisotopic (exact) mass is 366 g/mol. The molecule has 0 unspecified atom stereocenters. The van der Waals surface area contributed by atoms with Crippen LogP contribution in [0, 0.1) is 0 Å². The van der Waals surface area contributed by atoms with E-state index in [0.717, 1.165) is 6.42 Å². The number of nitrogens with zero attached hydrogens (tertiary/aromatic N) is 5. The van der Waals surface area contributed by atoms with E-state index in [-0.39, 0.29) is 23.9 Å². The molecule has 0 saturated carbocycles. The molecular weight excluding hydrogens is 348 g/mol. The van der Waals surface area contributed by atoms with E-state index in [2.05, 4.69) is 15.4 Å². The second-order valence-corrected chi connectivity index (χ2v) is 6.40. The van der Waals surface area contributed by atoms with E-state index in [0.29, 0.717) is 35.4 Å².